The van der Waals surface area contributed by atoms with Crippen LogP contribution in [-0.2, 0) is 19.3 Å². The minimum Gasteiger partial charge on any atom is -0.352 e. The van der Waals surface area contributed by atoms with E-state index in [1.54, 1.807) is 0 Å². The summed E-state index contributed by atoms with van der Waals surface area (Å²) < 4.78 is 0. The highest BCUT2D eigenvalue weighted by atomic mass is 32.1. The number of carbonyl (C=O) groups is 1. The number of amides is 1. The summed E-state index contributed by atoms with van der Waals surface area (Å²) in [7, 11) is 0. The van der Waals surface area contributed by atoms with Crippen LogP contribution >= 0.6 is 11.3 Å². The molecule has 5 rings (SSSR count). The lowest BCUT2D eigenvalue weighted by molar-refractivity contribution is 0.0954. The number of carbonyl (C=O) groups excluding carboxylic acids is 1. The van der Waals surface area contributed by atoms with Crippen LogP contribution in [0.15, 0.2) is 24.3 Å². The Hall–Kier alpha value is -2.54. The number of aromatic amines is 1. The highest BCUT2D eigenvalue weighted by Gasteiger charge is 2.27. The zero-order valence-electron chi connectivity index (χ0n) is 15.7. The third kappa shape index (κ3) is 3.71. The van der Waals surface area contributed by atoms with Crippen LogP contribution in [0.5, 0.6) is 0 Å². The van der Waals surface area contributed by atoms with Crippen LogP contribution < -0.4 is 5.32 Å². The zero-order chi connectivity index (χ0) is 18.9. The predicted octanol–water partition coefficient (Wildman–Crippen LogP) is 3.66. The molecule has 1 saturated carbocycles. The van der Waals surface area contributed by atoms with Crippen molar-refractivity contribution in [2.75, 3.05) is 6.54 Å². The van der Waals surface area contributed by atoms with Crippen LogP contribution in [0.3, 0.4) is 0 Å². The average molecular weight is 394 g/mol. The SMILES string of the molecule is O=C(NCCc1nc2c(s1)CCCC2)c1ccc(-c2n[nH]c(C3CC3)n2)cc1. The number of benzene rings is 1. The van der Waals surface area contributed by atoms with Gasteiger partial charge < -0.3 is 5.32 Å². The molecule has 0 radical (unpaired) electrons. The second kappa shape index (κ2) is 7.47. The van der Waals surface area contributed by atoms with Crippen LogP contribution in [0, 0.1) is 0 Å². The summed E-state index contributed by atoms with van der Waals surface area (Å²) in [4.78, 5) is 23.1. The fraction of sp³-hybridized carbons (Fsp3) is 0.429. The fourth-order valence-electron chi connectivity index (χ4n) is 3.61. The van der Waals surface area contributed by atoms with Gasteiger partial charge in [-0.3, -0.25) is 9.89 Å². The van der Waals surface area contributed by atoms with Crippen molar-refractivity contribution in [3.63, 3.8) is 0 Å². The van der Waals surface area contributed by atoms with E-state index in [4.69, 9.17) is 4.98 Å². The number of hydrogen-bond acceptors (Lipinski definition) is 5. The maximum absolute atomic E-state index is 12.4. The molecule has 2 aliphatic rings. The molecule has 0 unspecified atom stereocenters. The molecule has 0 atom stereocenters. The van der Waals surface area contributed by atoms with Crippen molar-refractivity contribution in [1.82, 2.24) is 25.5 Å². The summed E-state index contributed by atoms with van der Waals surface area (Å²) in [6.45, 7) is 0.610. The molecule has 1 aromatic carbocycles. The van der Waals surface area contributed by atoms with E-state index in [9.17, 15) is 4.79 Å². The van der Waals surface area contributed by atoms with Gasteiger partial charge in [0.05, 0.1) is 10.7 Å². The summed E-state index contributed by atoms with van der Waals surface area (Å²) in [6.07, 6.45) is 7.98. The van der Waals surface area contributed by atoms with E-state index < -0.39 is 0 Å². The van der Waals surface area contributed by atoms with Crippen LogP contribution in [0.2, 0.25) is 0 Å². The van der Waals surface area contributed by atoms with E-state index in [1.807, 2.05) is 35.6 Å². The van der Waals surface area contributed by atoms with E-state index in [-0.39, 0.29) is 5.91 Å². The van der Waals surface area contributed by atoms with Crippen molar-refractivity contribution in [2.24, 2.45) is 0 Å². The van der Waals surface area contributed by atoms with Gasteiger partial charge in [0.25, 0.3) is 5.91 Å². The standard InChI is InChI=1S/C21H23N5OS/c27-21(22-12-11-18-23-16-3-1-2-4-17(16)28-18)15-9-7-14(8-10-15)20-24-19(25-26-20)13-5-6-13/h7-10,13H,1-6,11-12H2,(H,22,27)(H,24,25,26). The molecule has 1 amide bonds. The molecule has 0 bridgehead atoms. The summed E-state index contributed by atoms with van der Waals surface area (Å²) in [5, 5.41) is 11.5. The van der Waals surface area contributed by atoms with Gasteiger partial charge in [0.1, 0.15) is 5.82 Å². The molecule has 0 aliphatic heterocycles. The number of nitrogens with zero attached hydrogens (tertiary/aromatic N) is 3. The zero-order valence-corrected chi connectivity index (χ0v) is 16.5. The summed E-state index contributed by atoms with van der Waals surface area (Å²) in [5.41, 5.74) is 2.86. The lowest BCUT2D eigenvalue weighted by Crippen LogP contribution is -2.25. The van der Waals surface area contributed by atoms with Gasteiger partial charge >= 0.3 is 0 Å². The van der Waals surface area contributed by atoms with Gasteiger partial charge in [0.2, 0.25) is 0 Å². The van der Waals surface area contributed by atoms with Gasteiger partial charge in [-0.05, 0) is 50.7 Å². The molecule has 3 aromatic rings. The highest BCUT2D eigenvalue weighted by Crippen LogP contribution is 2.38. The molecule has 28 heavy (non-hydrogen) atoms. The fourth-order valence-corrected chi connectivity index (χ4v) is 4.77. The monoisotopic (exact) mass is 393 g/mol. The van der Waals surface area contributed by atoms with Gasteiger partial charge in [-0.25, -0.2) is 9.97 Å². The van der Waals surface area contributed by atoms with Gasteiger partial charge in [0, 0.05) is 34.9 Å². The van der Waals surface area contributed by atoms with Crippen molar-refractivity contribution in [3.8, 4) is 11.4 Å². The van der Waals surface area contributed by atoms with Gasteiger partial charge in [-0.1, -0.05) is 12.1 Å². The van der Waals surface area contributed by atoms with Crippen LogP contribution in [0.25, 0.3) is 11.4 Å². The van der Waals surface area contributed by atoms with Gasteiger partial charge in [-0.15, -0.1) is 11.3 Å². The van der Waals surface area contributed by atoms with Crippen LogP contribution in [-0.4, -0.2) is 32.6 Å². The molecule has 1 fully saturated rings. The molecule has 0 saturated heterocycles. The van der Waals surface area contributed by atoms with Crippen molar-refractivity contribution in [2.45, 2.75) is 50.9 Å². The molecule has 2 aromatic heterocycles. The Labute approximate surface area is 167 Å². The lowest BCUT2D eigenvalue weighted by atomic mass is 10.0. The predicted molar refractivity (Wildman–Crippen MR) is 109 cm³/mol. The third-order valence-electron chi connectivity index (χ3n) is 5.39. The minimum absolute atomic E-state index is 0.0541. The maximum atomic E-state index is 12.4. The molecule has 2 N–H and O–H groups in total. The highest BCUT2D eigenvalue weighted by molar-refractivity contribution is 7.11. The van der Waals surface area contributed by atoms with Crippen molar-refractivity contribution < 1.29 is 4.79 Å². The first-order valence-electron chi connectivity index (χ1n) is 10.0. The Morgan fingerprint density at radius 3 is 2.75 bits per heavy atom. The molecule has 7 heteroatoms. The van der Waals surface area contributed by atoms with Crippen molar-refractivity contribution in [3.05, 3.63) is 51.2 Å². The van der Waals surface area contributed by atoms with Gasteiger partial charge in [-0.2, -0.15) is 5.10 Å². The Morgan fingerprint density at radius 2 is 1.96 bits per heavy atom. The average Bonchev–Trinajstić information content (AvgIpc) is 3.30. The Morgan fingerprint density at radius 1 is 1.14 bits per heavy atom. The van der Waals surface area contributed by atoms with E-state index in [0.717, 1.165) is 29.2 Å². The quantitative estimate of drug-likeness (QED) is 0.669. The number of aryl methyl sites for hydroxylation is 2. The Bertz CT molecular complexity index is 963. The summed E-state index contributed by atoms with van der Waals surface area (Å²) in [5.74, 6) is 2.17. The molecule has 6 nitrogen and oxygen atoms in total. The maximum Gasteiger partial charge on any atom is 0.251 e. The normalized spacial score (nSPS) is 16.0. The first-order chi connectivity index (χ1) is 13.8. The summed E-state index contributed by atoms with van der Waals surface area (Å²) in [6, 6.07) is 7.48. The molecular weight excluding hydrogens is 370 g/mol. The molecular formula is C21H23N5OS. The number of aromatic nitrogens is 4. The number of H-pyrrole nitrogens is 1. The number of fused-ring (bicyclic) bond motifs is 1. The number of nitrogens with one attached hydrogen (secondary N) is 2. The summed E-state index contributed by atoms with van der Waals surface area (Å²) >= 11 is 1.81. The molecule has 2 aliphatic carbocycles. The van der Waals surface area contributed by atoms with E-state index in [2.05, 4.69) is 20.5 Å². The Balaban J connectivity index is 1.16. The lowest BCUT2D eigenvalue weighted by Gasteiger charge is -2.06. The minimum atomic E-state index is -0.0541. The number of rotatable bonds is 6. The van der Waals surface area contributed by atoms with Crippen molar-refractivity contribution >= 4 is 17.2 Å². The number of hydrogen-bond donors (Lipinski definition) is 2. The first-order valence-corrected chi connectivity index (χ1v) is 10.9. The Kier molecular flexibility index (Phi) is 4.68. The second-order valence-corrected chi connectivity index (χ2v) is 8.75. The second-order valence-electron chi connectivity index (χ2n) is 7.59. The van der Waals surface area contributed by atoms with E-state index in [1.165, 1.54) is 42.7 Å². The van der Waals surface area contributed by atoms with Crippen LogP contribution in [0.1, 0.15) is 63.4 Å². The smallest absolute Gasteiger partial charge is 0.251 e. The van der Waals surface area contributed by atoms with Crippen LogP contribution in [0.4, 0.5) is 0 Å². The molecule has 144 valence electrons. The third-order valence-corrected chi connectivity index (χ3v) is 6.60. The number of thiazole rings is 1. The topological polar surface area (TPSA) is 83.6 Å². The molecule has 2 heterocycles. The van der Waals surface area contributed by atoms with E-state index >= 15 is 0 Å². The largest absolute Gasteiger partial charge is 0.352 e. The van der Waals surface area contributed by atoms with Gasteiger partial charge in [0.15, 0.2) is 5.82 Å². The van der Waals surface area contributed by atoms with E-state index in [0.29, 0.717) is 23.9 Å². The van der Waals surface area contributed by atoms with Crippen molar-refractivity contribution in [1.29, 1.82) is 0 Å². The molecule has 0 spiro atoms. The first kappa shape index (κ1) is 17.6.